The first-order valence-electron chi connectivity index (χ1n) is 12.2. The molecule has 0 bridgehead atoms. The van der Waals surface area contributed by atoms with E-state index in [0.717, 1.165) is 12.8 Å². The largest absolute Gasteiger partial charge is 0.383 e. The second-order valence-corrected chi connectivity index (χ2v) is 10.8. The minimum absolute atomic E-state index is 0.106. The molecule has 7 nitrogen and oxygen atoms in total. The highest BCUT2D eigenvalue weighted by Crippen LogP contribution is 2.36. The van der Waals surface area contributed by atoms with E-state index in [1.165, 1.54) is 12.1 Å². The Morgan fingerprint density at radius 1 is 1.16 bits per heavy atom. The number of aromatic nitrogens is 1. The zero-order chi connectivity index (χ0) is 26.4. The van der Waals surface area contributed by atoms with Gasteiger partial charge in [-0.25, -0.2) is 9.37 Å². The van der Waals surface area contributed by atoms with Crippen LogP contribution < -0.4 is 21.6 Å². The first-order chi connectivity index (χ1) is 17.6. The van der Waals surface area contributed by atoms with Crippen molar-refractivity contribution in [3.63, 3.8) is 0 Å². The summed E-state index contributed by atoms with van der Waals surface area (Å²) in [6.45, 7) is 6.66. The van der Waals surface area contributed by atoms with Gasteiger partial charge >= 0.3 is 0 Å². The number of hydrogen-bond donors (Lipinski definition) is 4. The maximum atomic E-state index is 14.7. The van der Waals surface area contributed by atoms with Crippen molar-refractivity contribution < 1.29 is 8.78 Å². The molecule has 1 fully saturated rings. The Kier molecular flexibility index (Phi) is 6.20. The van der Waals surface area contributed by atoms with Gasteiger partial charge in [-0.3, -0.25) is 5.01 Å². The van der Waals surface area contributed by atoms with E-state index in [9.17, 15) is 14.0 Å². The molecule has 3 aromatic rings. The van der Waals surface area contributed by atoms with Gasteiger partial charge in [-0.15, -0.1) is 5.53 Å². The van der Waals surface area contributed by atoms with E-state index in [0.29, 0.717) is 46.1 Å². The van der Waals surface area contributed by atoms with Crippen LogP contribution in [0.4, 0.5) is 20.2 Å². The van der Waals surface area contributed by atoms with Crippen LogP contribution in [0.5, 0.6) is 0 Å². The molecule has 1 aliphatic heterocycles. The van der Waals surface area contributed by atoms with Gasteiger partial charge in [0.25, 0.3) is 0 Å². The summed E-state index contributed by atoms with van der Waals surface area (Å²) in [5.74, 6) is -1.19. The summed E-state index contributed by atoms with van der Waals surface area (Å²) in [4.78, 5) is 4.00. The molecule has 0 spiro atoms. The molecule has 4 N–H and O–H groups in total. The first-order valence-corrected chi connectivity index (χ1v) is 12.2. The third-order valence-corrected chi connectivity index (χ3v) is 6.44. The number of nitrogens with zero attached hydrogens (tertiary/aromatic N) is 3. The fraction of sp³-hybridized carbons (Fsp3) is 0.333. The van der Waals surface area contributed by atoms with Crippen LogP contribution in [0, 0.1) is 28.5 Å². The lowest BCUT2D eigenvalue weighted by molar-refractivity contribution is 0.260. The number of anilines is 2. The zero-order valence-corrected chi connectivity index (χ0v) is 21.0. The van der Waals surface area contributed by atoms with E-state index in [4.69, 9.17) is 7.85 Å². The molecule has 0 saturated heterocycles. The van der Waals surface area contributed by atoms with Crippen molar-refractivity contribution in [2.45, 2.75) is 45.1 Å². The number of benzene rings is 2. The van der Waals surface area contributed by atoms with Gasteiger partial charge in [0.15, 0.2) is 0 Å². The van der Waals surface area contributed by atoms with Crippen molar-refractivity contribution >= 4 is 30.1 Å². The van der Waals surface area contributed by atoms with E-state index in [1.807, 2.05) is 38.0 Å². The van der Waals surface area contributed by atoms with E-state index in [2.05, 4.69) is 26.6 Å². The van der Waals surface area contributed by atoms with Crippen molar-refractivity contribution in [2.24, 2.45) is 5.41 Å². The molecule has 1 atom stereocenters. The molecule has 5 rings (SSSR count). The van der Waals surface area contributed by atoms with Gasteiger partial charge in [-0.1, -0.05) is 32.9 Å². The number of nitriles is 1. The molecule has 1 aromatic heterocycles. The van der Waals surface area contributed by atoms with Gasteiger partial charge in [0.2, 0.25) is 5.95 Å². The molecule has 2 heterocycles. The smallest absolute Gasteiger partial charge is 0.233 e. The standard InChI is InChI=1S/C27H28BF2N7/c1-26(2,3)15-32-24-20-12-18(8-11-22(20)33-25(30)21(24)13-31)34-27(28,16-4-6-17(29)7-5-16)23-14-37(36-35-23)19-9-10-19/h4-8,11-12,14,19,34-36H,9-10,15H2,1-3H3,(H,32,33). The highest BCUT2D eigenvalue weighted by Gasteiger charge is 2.37. The first kappa shape index (κ1) is 24.8. The van der Waals surface area contributed by atoms with Gasteiger partial charge in [-0.05, 0) is 54.2 Å². The van der Waals surface area contributed by atoms with Gasteiger partial charge in [0, 0.05) is 29.9 Å². The van der Waals surface area contributed by atoms with E-state index in [-0.39, 0.29) is 16.8 Å². The number of pyridine rings is 1. The maximum absolute atomic E-state index is 14.7. The van der Waals surface area contributed by atoms with Crippen LogP contribution in [0.15, 0.2) is 54.4 Å². The summed E-state index contributed by atoms with van der Waals surface area (Å²) in [5.41, 5.74) is 7.45. The number of fused-ring (bicyclic) bond motifs is 1. The molecule has 37 heavy (non-hydrogen) atoms. The summed E-state index contributed by atoms with van der Waals surface area (Å²) < 4.78 is 28.4. The predicted octanol–water partition coefficient (Wildman–Crippen LogP) is 4.60. The lowest BCUT2D eigenvalue weighted by atomic mass is 9.69. The number of rotatable bonds is 7. The Morgan fingerprint density at radius 2 is 1.89 bits per heavy atom. The molecule has 10 heteroatoms. The minimum Gasteiger partial charge on any atom is -0.383 e. The van der Waals surface area contributed by atoms with Gasteiger partial charge in [0.05, 0.1) is 22.3 Å². The quantitative estimate of drug-likeness (QED) is 0.279. The molecule has 2 radical (unpaired) electrons. The van der Waals surface area contributed by atoms with E-state index >= 15 is 0 Å². The Bertz CT molecular complexity index is 1410. The molecule has 1 unspecified atom stereocenters. The predicted molar refractivity (Wildman–Crippen MR) is 141 cm³/mol. The molecule has 2 aromatic carbocycles. The fourth-order valence-corrected chi connectivity index (χ4v) is 4.26. The molecule has 2 aliphatic rings. The van der Waals surface area contributed by atoms with E-state index < -0.39 is 11.4 Å². The molecule has 1 aliphatic carbocycles. The van der Waals surface area contributed by atoms with Crippen LogP contribution >= 0.6 is 0 Å². The van der Waals surface area contributed by atoms with Gasteiger partial charge < -0.3 is 16.1 Å². The average Bonchev–Trinajstić information content (AvgIpc) is 3.58. The topological polar surface area (TPSA) is 88.0 Å². The monoisotopic (exact) mass is 499 g/mol. The van der Waals surface area contributed by atoms with Crippen molar-refractivity contribution in [1.29, 1.82) is 5.26 Å². The highest BCUT2D eigenvalue weighted by molar-refractivity contribution is 6.19. The van der Waals surface area contributed by atoms with E-state index in [1.54, 1.807) is 30.3 Å². The lowest BCUT2D eigenvalue weighted by Gasteiger charge is -2.34. The molecular formula is C27H28BF2N7. The Hall–Kier alpha value is -3.84. The Balaban J connectivity index is 1.58. The summed E-state index contributed by atoms with van der Waals surface area (Å²) >= 11 is 0. The summed E-state index contributed by atoms with van der Waals surface area (Å²) in [5, 5.41) is 18.9. The van der Waals surface area contributed by atoms with Gasteiger partial charge in [-0.2, -0.15) is 9.65 Å². The van der Waals surface area contributed by atoms with Crippen molar-refractivity contribution in [2.75, 3.05) is 17.2 Å². The van der Waals surface area contributed by atoms with Crippen molar-refractivity contribution in [3.8, 4) is 6.07 Å². The average molecular weight is 499 g/mol. The number of nitrogens with one attached hydrogen (secondary N) is 4. The Morgan fingerprint density at radius 3 is 2.54 bits per heavy atom. The molecule has 188 valence electrons. The normalized spacial score (nSPS) is 17.1. The summed E-state index contributed by atoms with van der Waals surface area (Å²) in [6, 6.07) is 13.5. The Labute approximate surface area is 216 Å². The number of halogens is 2. The fourth-order valence-electron chi connectivity index (χ4n) is 4.26. The van der Waals surface area contributed by atoms with Crippen LogP contribution in [0.2, 0.25) is 0 Å². The van der Waals surface area contributed by atoms with Gasteiger partial charge in [0.1, 0.15) is 25.3 Å². The SMILES string of the molecule is [B]C(Nc1ccc2nc(F)c(C#N)c(NCC(C)(C)C)c2c1)(C1=CN(C2CC2)NN1)c1ccc(F)cc1. The van der Waals surface area contributed by atoms with Crippen molar-refractivity contribution in [3.05, 3.63) is 77.3 Å². The maximum Gasteiger partial charge on any atom is 0.233 e. The molecule has 1 saturated carbocycles. The molecule has 0 amide bonds. The van der Waals surface area contributed by atoms with Crippen LogP contribution in [0.3, 0.4) is 0 Å². The second-order valence-electron chi connectivity index (χ2n) is 10.8. The van der Waals surface area contributed by atoms with Crippen LogP contribution in [-0.4, -0.2) is 30.4 Å². The minimum atomic E-state index is -1.26. The third-order valence-electron chi connectivity index (χ3n) is 6.44. The van der Waals surface area contributed by atoms with Crippen LogP contribution in [-0.2, 0) is 5.44 Å². The second kappa shape index (κ2) is 9.23. The third kappa shape index (κ3) is 5.05. The number of hydrogen-bond acceptors (Lipinski definition) is 7. The number of hydrazine groups is 2. The van der Waals surface area contributed by atoms with Crippen LogP contribution in [0.25, 0.3) is 10.9 Å². The lowest BCUT2D eigenvalue weighted by Crippen LogP contribution is -2.45. The molecular weight excluding hydrogens is 471 g/mol. The van der Waals surface area contributed by atoms with Crippen LogP contribution in [0.1, 0.15) is 44.7 Å². The summed E-state index contributed by atoms with van der Waals surface area (Å²) in [6.07, 6.45) is 4.08. The highest BCUT2D eigenvalue weighted by atomic mass is 19.1. The zero-order valence-electron chi connectivity index (χ0n) is 21.0. The summed E-state index contributed by atoms with van der Waals surface area (Å²) in [7, 11) is 6.99. The van der Waals surface area contributed by atoms with Crippen molar-refractivity contribution in [1.82, 2.24) is 21.0 Å².